The van der Waals surface area contributed by atoms with Crippen LogP contribution in [0, 0.1) is 5.92 Å². The fourth-order valence-corrected chi connectivity index (χ4v) is 2.62. The zero-order valence-corrected chi connectivity index (χ0v) is 14.0. The van der Waals surface area contributed by atoms with Crippen LogP contribution in [0.5, 0.6) is 0 Å². The Labute approximate surface area is 134 Å². The molecule has 2 rings (SSSR count). The average Bonchev–Trinajstić information content (AvgIpc) is 2.35. The monoisotopic (exact) mass is 310 g/mol. The van der Waals surface area contributed by atoms with Crippen LogP contribution < -0.4 is 11.1 Å². The van der Waals surface area contributed by atoms with E-state index < -0.39 is 5.54 Å². The van der Waals surface area contributed by atoms with E-state index in [4.69, 9.17) is 5.73 Å². The Bertz CT molecular complexity index is 466. The summed E-state index contributed by atoms with van der Waals surface area (Å²) in [4.78, 5) is 12.1. The summed E-state index contributed by atoms with van der Waals surface area (Å²) in [7, 11) is 0. The Morgan fingerprint density at radius 2 is 1.81 bits per heavy atom. The zero-order chi connectivity index (χ0) is 14.8. The summed E-state index contributed by atoms with van der Waals surface area (Å²) < 4.78 is 0. The van der Waals surface area contributed by atoms with E-state index in [1.807, 2.05) is 6.92 Å². The van der Waals surface area contributed by atoms with Crippen molar-refractivity contribution in [3.8, 4) is 0 Å². The van der Waals surface area contributed by atoms with Gasteiger partial charge in [-0.15, -0.1) is 12.4 Å². The molecular weight excluding hydrogens is 284 g/mol. The fourth-order valence-electron chi connectivity index (χ4n) is 2.62. The molecule has 0 aliphatic heterocycles. The Morgan fingerprint density at radius 1 is 1.24 bits per heavy atom. The van der Waals surface area contributed by atoms with Crippen LogP contribution in [0.3, 0.4) is 0 Å². The lowest BCUT2D eigenvalue weighted by atomic mass is 9.77. The molecule has 1 aromatic rings. The standard InChI is InChI=1S/C17H26N2O.ClH/c1-12(2)11-14-5-7-15(8-6-14)13(3)19-16(20)17(18)9-4-10-17;/h5-8,12-13H,4,9-11,18H2,1-3H3,(H,19,20);1H. The van der Waals surface area contributed by atoms with Crippen LogP contribution in [0.15, 0.2) is 24.3 Å². The minimum absolute atomic E-state index is 0. The normalized spacial score (nSPS) is 17.6. The molecule has 0 saturated heterocycles. The maximum Gasteiger partial charge on any atom is 0.240 e. The lowest BCUT2D eigenvalue weighted by molar-refractivity contribution is -0.129. The van der Waals surface area contributed by atoms with Crippen molar-refractivity contribution in [1.29, 1.82) is 0 Å². The van der Waals surface area contributed by atoms with Crippen LogP contribution in [0.4, 0.5) is 0 Å². The van der Waals surface area contributed by atoms with Crippen molar-refractivity contribution in [2.75, 3.05) is 0 Å². The van der Waals surface area contributed by atoms with Crippen LogP contribution in [0.2, 0.25) is 0 Å². The maximum absolute atomic E-state index is 12.1. The molecule has 1 fully saturated rings. The van der Waals surface area contributed by atoms with Gasteiger partial charge in [0, 0.05) is 0 Å². The predicted molar refractivity (Wildman–Crippen MR) is 89.6 cm³/mol. The number of hydrogen-bond donors (Lipinski definition) is 2. The van der Waals surface area contributed by atoms with Crippen molar-refractivity contribution in [1.82, 2.24) is 5.32 Å². The maximum atomic E-state index is 12.1. The van der Waals surface area contributed by atoms with Crippen molar-refractivity contribution in [3.63, 3.8) is 0 Å². The zero-order valence-electron chi connectivity index (χ0n) is 13.2. The number of carbonyl (C=O) groups is 1. The van der Waals surface area contributed by atoms with Gasteiger partial charge in [-0.05, 0) is 49.7 Å². The quantitative estimate of drug-likeness (QED) is 0.876. The van der Waals surface area contributed by atoms with E-state index >= 15 is 0 Å². The molecular formula is C17H27ClN2O. The molecule has 3 nitrogen and oxygen atoms in total. The first kappa shape index (κ1) is 18.0. The van der Waals surface area contributed by atoms with Crippen LogP contribution in [-0.4, -0.2) is 11.4 Å². The van der Waals surface area contributed by atoms with Crippen molar-refractivity contribution < 1.29 is 4.79 Å². The van der Waals surface area contributed by atoms with Gasteiger partial charge < -0.3 is 11.1 Å². The highest BCUT2D eigenvalue weighted by Gasteiger charge is 2.40. The van der Waals surface area contributed by atoms with E-state index in [1.165, 1.54) is 5.56 Å². The van der Waals surface area contributed by atoms with Gasteiger partial charge in [0.1, 0.15) is 0 Å². The Hall–Kier alpha value is -1.06. The van der Waals surface area contributed by atoms with Crippen LogP contribution in [0.1, 0.15) is 57.2 Å². The summed E-state index contributed by atoms with van der Waals surface area (Å²) in [5.41, 5.74) is 7.90. The van der Waals surface area contributed by atoms with E-state index in [1.54, 1.807) is 0 Å². The molecule has 0 bridgehead atoms. The van der Waals surface area contributed by atoms with Gasteiger partial charge in [0.2, 0.25) is 5.91 Å². The Balaban J connectivity index is 0.00000220. The van der Waals surface area contributed by atoms with Gasteiger partial charge in [0.05, 0.1) is 11.6 Å². The van der Waals surface area contributed by atoms with Gasteiger partial charge in [-0.1, -0.05) is 38.1 Å². The van der Waals surface area contributed by atoms with E-state index in [0.29, 0.717) is 5.92 Å². The fraction of sp³-hybridized carbons (Fsp3) is 0.588. The minimum atomic E-state index is -0.619. The molecule has 0 heterocycles. The number of hydrogen-bond acceptors (Lipinski definition) is 2. The van der Waals surface area contributed by atoms with Gasteiger partial charge in [0.15, 0.2) is 0 Å². The molecule has 1 saturated carbocycles. The van der Waals surface area contributed by atoms with E-state index in [2.05, 4.69) is 43.4 Å². The van der Waals surface area contributed by atoms with Crippen molar-refractivity contribution in [3.05, 3.63) is 35.4 Å². The first-order valence-corrected chi connectivity index (χ1v) is 7.59. The molecule has 1 amide bonds. The Kier molecular flexibility index (Phi) is 6.24. The number of nitrogens with one attached hydrogen (secondary N) is 1. The molecule has 1 aliphatic carbocycles. The average molecular weight is 311 g/mol. The molecule has 1 aromatic carbocycles. The second kappa shape index (κ2) is 7.28. The van der Waals surface area contributed by atoms with Crippen molar-refractivity contribution in [2.24, 2.45) is 11.7 Å². The van der Waals surface area contributed by atoms with Crippen LogP contribution in [-0.2, 0) is 11.2 Å². The van der Waals surface area contributed by atoms with Gasteiger partial charge in [0.25, 0.3) is 0 Å². The number of nitrogens with two attached hydrogens (primary N) is 1. The molecule has 0 radical (unpaired) electrons. The number of benzene rings is 1. The summed E-state index contributed by atoms with van der Waals surface area (Å²) in [5.74, 6) is 0.649. The second-order valence-electron chi connectivity index (χ2n) is 6.54. The van der Waals surface area contributed by atoms with Crippen LogP contribution in [0.25, 0.3) is 0 Å². The molecule has 4 heteroatoms. The van der Waals surface area contributed by atoms with Crippen molar-refractivity contribution >= 4 is 18.3 Å². The summed E-state index contributed by atoms with van der Waals surface area (Å²) in [6.07, 6.45) is 3.76. The predicted octanol–water partition coefficient (Wildman–Crippen LogP) is 3.37. The highest BCUT2D eigenvalue weighted by Crippen LogP contribution is 2.30. The van der Waals surface area contributed by atoms with Gasteiger partial charge in [-0.3, -0.25) is 4.79 Å². The third kappa shape index (κ3) is 4.45. The highest BCUT2D eigenvalue weighted by atomic mass is 35.5. The number of rotatable bonds is 5. The number of halogens is 1. The summed E-state index contributed by atoms with van der Waals surface area (Å²) in [6.45, 7) is 6.45. The highest BCUT2D eigenvalue weighted by molar-refractivity contribution is 5.87. The third-order valence-corrected chi connectivity index (χ3v) is 4.17. The lowest BCUT2D eigenvalue weighted by Gasteiger charge is -2.37. The molecule has 118 valence electrons. The van der Waals surface area contributed by atoms with Gasteiger partial charge in [-0.25, -0.2) is 0 Å². The molecule has 1 unspecified atom stereocenters. The summed E-state index contributed by atoms with van der Waals surface area (Å²) in [5, 5.41) is 3.03. The molecule has 1 atom stereocenters. The summed E-state index contributed by atoms with van der Waals surface area (Å²) >= 11 is 0. The number of carbonyl (C=O) groups excluding carboxylic acids is 1. The van der Waals surface area contributed by atoms with E-state index in [0.717, 1.165) is 31.2 Å². The van der Waals surface area contributed by atoms with Crippen LogP contribution >= 0.6 is 12.4 Å². The molecule has 0 spiro atoms. The molecule has 1 aliphatic rings. The van der Waals surface area contributed by atoms with Gasteiger partial charge in [-0.2, -0.15) is 0 Å². The molecule has 21 heavy (non-hydrogen) atoms. The topological polar surface area (TPSA) is 55.1 Å². The largest absolute Gasteiger partial charge is 0.348 e. The van der Waals surface area contributed by atoms with E-state index in [9.17, 15) is 4.79 Å². The first-order valence-electron chi connectivity index (χ1n) is 7.59. The SMILES string of the molecule is CC(C)Cc1ccc(C(C)NC(=O)C2(N)CCC2)cc1.Cl. The Morgan fingerprint density at radius 3 is 2.24 bits per heavy atom. The smallest absolute Gasteiger partial charge is 0.240 e. The third-order valence-electron chi connectivity index (χ3n) is 4.17. The van der Waals surface area contributed by atoms with Crippen molar-refractivity contribution in [2.45, 2.75) is 58.0 Å². The van der Waals surface area contributed by atoms with Gasteiger partial charge >= 0.3 is 0 Å². The summed E-state index contributed by atoms with van der Waals surface area (Å²) in [6, 6.07) is 8.52. The first-order chi connectivity index (χ1) is 9.40. The number of amides is 1. The molecule has 3 N–H and O–H groups in total. The second-order valence-corrected chi connectivity index (χ2v) is 6.54. The lowest BCUT2D eigenvalue weighted by Crippen LogP contribution is -2.58. The van der Waals surface area contributed by atoms with E-state index in [-0.39, 0.29) is 24.4 Å². The minimum Gasteiger partial charge on any atom is -0.348 e. The molecule has 0 aromatic heterocycles.